The smallest absolute Gasteiger partial charge is 0.264 e. The highest BCUT2D eigenvalue weighted by Gasteiger charge is 2.10. The molecular weight excluding hydrogens is 214 g/mol. The van der Waals surface area contributed by atoms with Crippen LogP contribution < -0.4 is 5.32 Å². The van der Waals surface area contributed by atoms with Gasteiger partial charge in [-0.05, 0) is 25.8 Å². The summed E-state index contributed by atoms with van der Waals surface area (Å²) in [6.45, 7) is 4.60. The van der Waals surface area contributed by atoms with E-state index in [1.807, 2.05) is 6.08 Å². The normalized spacial score (nSPS) is 21.1. The highest BCUT2D eigenvalue weighted by molar-refractivity contribution is 7.85. The fraction of sp³-hybridized carbons (Fsp3) is 0.600. The molecule has 0 aromatic carbocycles. The van der Waals surface area contributed by atoms with Gasteiger partial charge in [0.15, 0.2) is 0 Å². The summed E-state index contributed by atoms with van der Waals surface area (Å²) < 4.78 is 29.3. The zero-order valence-electron chi connectivity index (χ0n) is 8.65. The van der Waals surface area contributed by atoms with Crippen LogP contribution >= 0.6 is 0 Å². The maximum Gasteiger partial charge on any atom is 0.264 e. The molecule has 0 spiro atoms. The quantitative estimate of drug-likeness (QED) is 0.531. The van der Waals surface area contributed by atoms with Crippen LogP contribution in [0, 0.1) is 0 Å². The number of hydrogen-bond acceptors (Lipinski definition) is 3. The maximum atomic E-state index is 10.4. The van der Waals surface area contributed by atoms with Crippen LogP contribution in [0.2, 0.25) is 0 Å². The van der Waals surface area contributed by atoms with Gasteiger partial charge in [-0.15, -0.1) is 0 Å². The summed E-state index contributed by atoms with van der Waals surface area (Å²) in [5, 5.41) is 3.27. The van der Waals surface area contributed by atoms with Gasteiger partial charge in [0.05, 0.1) is 5.75 Å². The Morgan fingerprint density at radius 1 is 1.53 bits per heavy atom. The molecule has 0 saturated carbocycles. The molecule has 86 valence electrons. The Labute approximate surface area is 90.8 Å². The van der Waals surface area contributed by atoms with E-state index >= 15 is 0 Å². The van der Waals surface area contributed by atoms with Crippen molar-refractivity contribution in [3.8, 4) is 0 Å². The van der Waals surface area contributed by atoms with Crippen molar-refractivity contribution in [2.45, 2.75) is 25.3 Å². The van der Waals surface area contributed by atoms with E-state index in [0.29, 0.717) is 12.5 Å². The molecule has 4 nitrogen and oxygen atoms in total. The minimum Gasteiger partial charge on any atom is -0.310 e. The van der Waals surface area contributed by atoms with Gasteiger partial charge in [-0.25, -0.2) is 0 Å². The van der Waals surface area contributed by atoms with E-state index in [0.717, 1.165) is 25.0 Å². The van der Waals surface area contributed by atoms with Gasteiger partial charge >= 0.3 is 0 Å². The average molecular weight is 231 g/mol. The van der Waals surface area contributed by atoms with Crippen LogP contribution in [0.4, 0.5) is 0 Å². The van der Waals surface area contributed by atoms with Gasteiger partial charge in [-0.3, -0.25) is 4.55 Å². The molecule has 0 amide bonds. The van der Waals surface area contributed by atoms with E-state index in [1.165, 1.54) is 0 Å². The molecule has 0 fully saturated rings. The Morgan fingerprint density at radius 3 is 2.80 bits per heavy atom. The Kier molecular flexibility index (Phi) is 4.50. The lowest BCUT2D eigenvalue weighted by Crippen LogP contribution is -2.26. The molecule has 15 heavy (non-hydrogen) atoms. The fourth-order valence-electron chi connectivity index (χ4n) is 1.51. The minimum absolute atomic E-state index is 0.151. The van der Waals surface area contributed by atoms with Crippen LogP contribution in [-0.4, -0.2) is 31.3 Å². The van der Waals surface area contributed by atoms with Crippen LogP contribution in [0.3, 0.4) is 0 Å². The molecule has 1 unspecified atom stereocenters. The van der Waals surface area contributed by atoms with E-state index in [-0.39, 0.29) is 5.75 Å². The molecule has 0 aliphatic heterocycles. The van der Waals surface area contributed by atoms with Crippen LogP contribution in [0.5, 0.6) is 0 Å². The van der Waals surface area contributed by atoms with Crippen LogP contribution in [0.15, 0.2) is 24.3 Å². The molecule has 5 heteroatoms. The number of allylic oxidation sites excluding steroid dienone is 1. The first-order valence-electron chi connectivity index (χ1n) is 5.02. The third-order valence-corrected chi connectivity index (χ3v) is 3.09. The Hall–Kier alpha value is -0.650. The van der Waals surface area contributed by atoms with E-state index in [1.54, 1.807) is 0 Å². The van der Waals surface area contributed by atoms with E-state index in [2.05, 4.69) is 18.0 Å². The van der Waals surface area contributed by atoms with Gasteiger partial charge < -0.3 is 5.32 Å². The minimum atomic E-state index is -3.79. The average Bonchev–Trinajstić information content (AvgIpc) is 2.49. The second-order valence-corrected chi connectivity index (χ2v) is 5.35. The third-order valence-electron chi connectivity index (χ3n) is 2.28. The predicted octanol–water partition coefficient (Wildman–Crippen LogP) is 1.13. The summed E-state index contributed by atoms with van der Waals surface area (Å²) in [6, 6.07) is 0.336. The molecule has 0 aromatic heterocycles. The van der Waals surface area contributed by atoms with Gasteiger partial charge in [0.1, 0.15) is 0 Å². The molecule has 0 bridgehead atoms. The van der Waals surface area contributed by atoms with Crippen LogP contribution in [-0.2, 0) is 10.1 Å². The van der Waals surface area contributed by atoms with Gasteiger partial charge in [0.25, 0.3) is 10.1 Å². The Morgan fingerprint density at radius 2 is 2.27 bits per heavy atom. The van der Waals surface area contributed by atoms with Gasteiger partial charge in [-0.1, -0.05) is 24.3 Å². The Balaban J connectivity index is 2.03. The summed E-state index contributed by atoms with van der Waals surface area (Å²) in [7, 11) is -3.79. The molecule has 1 atom stereocenters. The van der Waals surface area contributed by atoms with Crippen LogP contribution in [0.1, 0.15) is 19.3 Å². The Bertz CT molecular complexity index is 346. The van der Waals surface area contributed by atoms with Gasteiger partial charge in [-0.2, -0.15) is 8.42 Å². The van der Waals surface area contributed by atoms with E-state index < -0.39 is 10.1 Å². The molecule has 0 heterocycles. The SMILES string of the molecule is C=C1C=CC(NCCCCS(=O)(=O)O)C1. The van der Waals surface area contributed by atoms with Crippen molar-refractivity contribution in [3.05, 3.63) is 24.3 Å². The summed E-state index contributed by atoms with van der Waals surface area (Å²) in [6.07, 6.45) is 6.22. The topological polar surface area (TPSA) is 66.4 Å². The summed E-state index contributed by atoms with van der Waals surface area (Å²) in [4.78, 5) is 0. The van der Waals surface area contributed by atoms with Crippen molar-refractivity contribution in [1.29, 1.82) is 0 Å². The van der Waals surface area contributed by atoms with E-state index in [9.17, 15) is 8.42 Å². The van der Waals surface area contributed by atoms with Crippen molar-refractivity contribution in [2.75, 3.05) is 12.3 Å². The lowest BCUT2D eigenvalue weighted by Gasteiger charge is -2.09. The lowest BCUT2D eigenvalue weighted by molar-refractivity contribution is 0.478. The van der Waals surface area contributed by atoms with Crippen molar-refractivity contribution in [3.63, 3.8) is 0 Å². The molecule has 1 aliphatic carbocycles. The molecule has 0 saturated heterocycles. The zero-order valence-corrected chi connectivity index (χ0v) is 9.46. The zero-order chi connectivity index (χ0) is 11.3. The first-order chi connectivity index (χ1) is 6.97. The molecular formula is C10H17NO3S. The summed E-state index contributed by atoms with van der Waals surface area (Å²) in [5.41, 5.74) is 1.12. The largest absolute Gasteiger partial charge is 0.310 e. The highest BCUT2D eigenvalue weighted by Crippen LogP contribution is 2.14. The fourth-order valence-corrected chi connectivity index (χ4v) is 2.08. The summed E-state index contributed by atoms with van der Waals surface area (Å²) in [5.74, 6) is -0.151. The number of hydrogen-bond donors (Lipinski definition) is 2. The molecule has 0 radical (unpaired) electrons. The number of unbranched alkanes of at least 4 members (excludes halogenated alkanes) is 1. The van der Waals surface area contributed by atoms with Gasteiger partial charge in [0.2, 0.25) is 0 Å². The summed E-state index contributed by atoms with van der Waals surface area (Å²) >= 11 is 0. The molecule has 1 aliphatic rings. The van der Waals surface area contributed by atoms with Gasteiger partial charge in [0, 0.05) is 6.04 Å². The first kappa shape index (κ1) is 12.4. The molecule has 1 rings (SSSR count). The highest BCUT2D eigenvalue weighted by atomic mass is 32.2. The third kappa shape index (κ3) is 5.71. The monoisotopic (exact) mass is 231 g/mol. The maximum absolute atomic E-state index is 10.4. The van der Waals surface area contributed by atoms with Crippen molar-refractivity contribution < 1.29 is 13.0 Å². The molecule has 2 N–H and O–H groups in total. The van der Waals surface area contributed by atoms with Crippen molar-refractivity contribution >= 4 is 10.1 Å². The molecule has 0 aromatic rings. The standard InChI is InChI=1S/C10H17NO3S/c1-9-4-5-10(8-9)11-6-2-3-7-15(12,13)14/h4-5,10-11H,1-3,6-8H2,(H,12,13,14). The second kappa shape index (κ2) is 5.44. The first-order valence-corrected chi connectivity index (χ1v) is 6.63. The van der Waals surface area contributed by atoms with E-state index in [4.69, 9.17) is 4.55 Å². The lowest BCUT2D eigenvalue weighted by atomic mass is 10.2. The predicted molar refractivity (Wildman–Crippen MR) is 60.3 cm³/mol. The number of nitrogens with one attached hydrogen (secondary N) is 1. The second-order valence-electron chi connectivity index (χ2n) is 3.78. The van der Waals surface area contributed by atoms with Crippen molar-refractivity contribution in [2.24, 2.45) is 0 Å². The van der Waals surface area contributed by atoms with Crippen LogP contribution in [0.25, 0.3) is 0 Å². The van der Waals surface area contributed by atoms with Crippen molar-refractivity contribution in [1.82, 2.24) is 5.32 Å². The number of rotatable bonds is 6.